The summed E-state index contributed by atoms with van der Waals surface area (Å²) >= 11 is 0. The summed E-state index contributed by atoms with van der Waals surface area (Å²) in [6.45, 7) is 5.31. The highest BCUT2D eigenvalue weighted by Crippen LogP contribution is 2.27. The summed E-state index contributed by atoms with van der Waals surface area (Å²) in [6, 6.07) is 10.2. The third-order valence-electron chi connectivity index (χ3n) is 3.26. The smallest absolute Gasteiger partial charge is 0.133 e. The molecule has 0 amide bonds. The zero-order valence-corrected chi connectivity index (χ0v) is 10.4. The first-order chi connectivity index (χ1) is 8.18. The molecule has 0 fully saturated rings. The summed E-state index contributed by atoms with van der Waals surface area (Å²) in [6.07, 6.45) is 1.89. The van der Waals surface area contributed by atoms with Gasteiger partial charge in [0, 0.05) is 5.56 Å². The molecule has 0 radical (unpaired) electrons. The lowest BCUT2D eigenvalue weighted by Gasteiger charge is -2.39. The van der Waals surface area contributed by atoms with Gasteiger partial charge in [-0.15, -0.1) is 0 Å². The Hall–Kier alpha value is -1.16. The third kappa shape index (κ3) is 3.40. The van der Waals surface area contributed by atoms with Crippen LogP contribution in [0.3, 0.4) is 0 Å². The van der Waals surface area contributed by atoms with E-state index in [-0.39, 0.29) is 19.3 Å². The van der Waals surface area contributed by atoms with Gasteiger partial charge in [0.2, 0.25) is 0 Å². The fourth-order valence-electron chi connectivity index (χ4n) is 2.25. The van der Waals surface area contributed by atoms with Crippen LogP contribution in [-0.4, -0.2) is 48.0 Å². The lowest BCUT2D eigenvalue weighted by Crippen LogP contribution is -2.50. The lowest BCUT2D eigenvalue weighted by molar-refractivity contribution is -0.933. The topological polar surface area (TPSA) is 40.5 Å². The van der Waals surface area contributed by atoms with Gasteiger partial charge in [-0.3, -0.25) is 0 Å². The number of benzene rings is 1. The first-order valence-electron chi connectivity index (χ1n) is 5.91. The maximum atomic E-state index is 9.19. The first kappa shape index (κ1) is 13.9. The second kappa shape index (κ2) is 6.55. The highest BCUT2D eigenvalue weighted by molar-refractivity contribution is 5.20. The molecule has 1 atom stereocenters. The van der Waals surface area contributed by atoms with Crippen LogP contribution in [0.25, 0.3) is 0 Å². The second-order valence-corrected chi connectivity index (χ2v) is 4.47. The zero-order chi connectivity index (χ0) is 12.7. The van der Waals surface area contributed by atoms with Gasteiger partial charge in [0.05, 0.1) is 20.3 Å². The Labute approximate surface area is 103 Å². The number of hydrogen-bond acceptors (Lipinski definition) is 2. The van der Waals surface area contributed by atoms with E-state index in [0.717, 1.165) is 5.56 Å². The predicted molar refractivity (Wildman–Crippen MR) is 69.5 cm³/mol. The van der Waals surface area contributed by atoms with Crippen molar-refractivity contribution in [3.05, 3.63) is 48.6 Å². The molecule has 0 bridgehead atoms. The number of aliphatic hydroxyl groups is 2. The van der Waals surface area contributed by atoms with E-state index < -0.39 is 0 Å². The molecule has 94 valence electrons. The molecule has 0 aliphatic carbocycles. The van der Waals surface area contributed by atoms with E-state index in [9.17, 15) is 10.2 Å². The van der Waals surface area contributed by atoms with Crippen molar-refractivity contribution in [1.29, 1.82) is 0 Å². The number of likely N-dealkylation sites (N-methyl/N-ethyl adjacent to an activating group) is 1. The normalized spacial score (nSPS) is 13.4. The van der Waals surface area contributed by atoms with Crippen LogP contribution in [0.15, 0.2) is 43.0 Å². The predicted octanol–water partition coefficient (Wildman–Crippen LogP) is 1.34. The van der Waals surface area contributed by atoms with Gasteiger partial charge in [0.15, 0.2) is 0 Å². The largest absolute Gasteiger partial charge is 0.391 e. The molecule has 3 heteroatoms. The molecule has 1 aromatic rings. The van der Waals surface area contributed by atoms with Crippen LogP contribution in [-0.2, 0) is 0 Å². The molecule has 0 saturated carbocycles. The summed E-state index contributed by atoms with van der Waals surface area (Å²) in [4.78, 5) is 0. The van der Waals surface area contributed by atoms with Crippen LogP contribution in [0, 0.1) is 0 Å². The van der Waals surface area contributed by atoms with E-state index in [1.54, 1.807) is 0 Å². The minimum absolute atomic E-state index is 0.0931. The van der Waals surface area contributed by atoms with E-state index in [1.807, 2.05) is 31.3 Å². The van der Waals surface area contributed by atoms with Crippen LogP contribution in [0.5, 0.6) is 0 Å². The number of rotatable bonds is 7. The Morgan fingerprint density at radius 3 is 2.12 bits per heavy atom. The molecule has 3 nitrogen and oxygen atoms in total. The van der Waals surface area contributed by atoms with E-state index in [4.69, 9.17) is 0 Å². The minimum atomic E-state index is 0.0931. The lowest BCUT2D eigenvalue weighted by atomic mass is 10.0. The molecule has 1 aromatic carbocycles. The monoisotopic (exact) mass is 236 g/mol. The molecule has 0 aliphatic heterocycles. The second-order valence-electron chi connectivity index (χ2n) is 4.47. The standard InChI is InChI=1S/C14H22NO2/c1-3-14(13-7-5-4-6-8-13)15(2,9-11-16)10-12-17/h3-8,14,16-17H,1,9-12H2,2H3/q+1. The number of hydrogen-bond donors (Lipinski definition) is 2. The van der Waals surface area contributed by atoms with Crippen molar-refractivity contribution in [2.24, 2.45) is 0 Å². The highest BCUT2D eigenvalue weighted by atomic mass is 16.3. The molecule has 0 saturated heterocycles. The van der Waals surface area contributed by atoms with Crippen LogP contribution >= 0.6 is 0 Å². The summed E-state index contributed by atoms with van der Waals surface area (Å²) in [5.74, 6) is 0. The van der Waals surface area contributed by atoms with E-state index >= 15 is 0 Å². The van der Waals surface area contributed by atoms with Crippen molar-refractivity contribution in [1.82, 2.24) is 0 Å². The molecule has 2 N–H and O–H groups in total. The van der Waals surface area contributed by atoms with Gasteiger partial charge in [-0.2, -0.15) is 0 Å². The molecule has 0 aromatic heterocycles. The van der Waals surface area contributed by atoms with E-state index in [2.05, 4.69) is 18.7 Å². The summed E-state index contributed by atoms with van der Waals surface area (Å²) in [5, 5.41) is 18.4. The van der Waals surface area contributed by atoms with Crippen molar-refractivity contribution < 1.29 is 14.7 Å². The van der Waals surface area contributed by atoms with Gasteiger partial charge < -0.3 is 14.7 Å². The zero-order valence-electron chi connectivity index (χ0n) is 10.4. The first-order valence-corrected chi connectivity index (χ1v) is 5.91. The van der Waals surface area contributed by atoms with Gasteiger partial charge in [-0.1, -0.05) is 36.9 Å². The number of quaternary nitrogens is 1. The maximum Gasteiger partial charge on any atom is 0.133 e. The molecule has 1 unspecified atom stereocenters. The number of aliphatic hydroxyl groups excluding tert-OH is 2. The van der Waals surface area contributed by atoms with Crippen LogP contribution in [0.2, 0.25) is 0 Å². The average molecular weight is 236 g/mol. The molecular formula is C14H22NO2+. The maximum absolute atomic E-state index is 9.19. The molecule has 0 spiro atoms. The fraction of sp³-hybridized carbons (Fsp3) is 0.429. The van der Waals surface area contributed by atoms with Crippen molar-refractivity contribution in [3.63, 3.8) is 0 Å². The Morgan fingerprint density at radius 2 is 1.71 bits per heavy atom. The van der Waals surface area contributed by atoms with Gasteiger partial charge >= 0.3 is 0 Å². The number of nitrogens with zero attached hydrogens (tertiary/aromatic N) is 1. The van der Waals surface area contributed by atoms with Crippen molar-refractivity contribution in [3.8, 4) is 0 Å². The van der Waals surface area contributed by atoms with Crippen LogP contribution < -0.4 is 0 Å². The third-order valence-corrected chi connectivity index (χ3v) is 3.26. The molecule has 1 rings (SSSR count). The van der Waals surface area contributed by atoms with Crippen molar-refractivity contribution in [2.45, 2.75) is 6.04 Å². The van der Waals surface area contributed by atoms with Gasteiger partial charge in [0.25, 0.3) is 0 Å². The molecule has 0 aliphatic rings. The van der Waals surface area contributed by atoms with E-state index in [1.165, 1.54) is 0 Å². The summed E-state index contributed by atoms with van der Waals surface area (Å²) in [5.41, 5.74) is 1.16. The molecular weight excluding hydrogens is 214 g/mol. The Morgan fingerprint density at radius 1 is 1.18 bits per heavy atom. The van der Waals surface area contributed by atoms with Gasteiger partial charge in [-0.25, -0.2) is 0 Å². The Kier molecular flexibility index (Phi) is 5.35. The van der Waals surface area contributed by atoms with Crippen molar-refractivity contribution >= 4 is 0 Å². The van der Waals surface area contributed by atoms with E-state index in [0.29, 0.717) is 17.6 Å². The van der Waals surface area contributed by atoms with Crippen LogP contribution in [0.1, 0.15) is 11.6 Å². The summed E-state index contributed by atoms with van der Waals surface area (Å²) in [7, 11) is 2.03. The average Bonchev–Trinajstić information content (AvgIpc) is 2.31. The van der Waals surface area contributed by atoms with Gasteiger partial charge in [-0.05, 0) is 6.08 Å². The van der Waals surface area contributed by atoms with Crippen molar-refractivity contribution in [2.75, 3.05) is 33.4 Å². The molecule has 0 heterocycles. The van der Waals surface area contributed by atoms with Gasteiger partial charge in [0.1, 0.15) is 19.1 Å². The fourth-order valence-corrected chi connectivity index (χ4v) is 2.25. The quantitative estimate of drug-likeness (QED) is 0.554. The highest BCUT2D eigenvalue weighted by Gasteiger charge is 2.30. The van der Waals surface area contributed by atoms with Crippen LogP contribution in [0.4, 0.5) is 0 Å². The Bertz CT molecular complexity index is 331. The molecule has 17 heavy (non-hydrogen) atoms. The Balaban J connectivity index is 3.01. The summed E-state index contributed by atoms with van der Waals surface area (Å²) < 4.78 is 0.570. The SMILES string of the molecule is C=CC(c1ccccc1)[N+](C)(CCO)CCO. The minimum Gasteiger partial charge on any atom is -0.391 e.